The zero-order valence-electron chi connectivity index (χ0n) is 10.7. The number of carbonyl (C=O) groups excluding carboxylic acids is 1. The summed E-state index contributed by atoms with van der Waals surface area (Å²) in [7, 11) is 0. The Bertz CT molecular complexity index is 512. The standard InChI is InChI=1S/C13H16N2O2S/c1-8-11(10(3)17-15-8)7-13(16)14-9(2)12-5-4-6-18-12/h4-6,9H,7H2,1-3H3,(H,14,16). The van der Waals surface area contributed by atoms with Crippen LogP contribution in [0.2, 0.25) is 0 Å². The first kappa shape index (κ1) is 12.8. The van der Waals surface area contributed by atoms with E-state index in [1.54, 1.807) is 11.3 Å². The number of aromatic nitrogens is 1. The zero-order valence-corrected chi connectivity index (χ0v) is 11.5. The molecule has 2 aromatic rings. The molecule has 4 nitrogen and oxygen atoms in total. The van der Waals surface area contributed by atoms with Crippen LogP contribution in [0.5, 0.6) is 0 Å². The maximum atomic E-state index is 11.9. The monoisotopic (exact) mass is 264 g/mol. The van der Waals surface area contributed by atoms with Gasteiger partial charge in [0.1, 0.15) is 5.76 Å². The predicted octanol–water partition coefficient (Wildman–Crippen LogP) is 2.77. The third-order valence-corrected chi connectivity index (χ3v) is 3.92. The third kappa shape index (κ3) is 2.79. The Kier molecular flexibility index (Phi) is 3.81. The van der Waals surface area contributed by atoms with Crippen LogP contribution in [0.25, 0.3) is 0 Å². The van der Waals surface area contributed by atoms with Crippen molar-refractivity contribution in [2.75, 3.05) is 0 Å². The fourth-order valence-corrected chi connectivity index (χ4v) is 2.55. The van der Waals surface area contributed by atoms with E-state index < -0.39 is 0 Å². The number of hydrogen-bond donors (Lipinski definition) is 1. The molecule has 18 heavy (non-hydrogen) atoms. The molecule has 0 aliphatic heterocycles. The van der Waals surface area contributed by atoms with E-state index in [1.807, 2.05) is 38.3 Å². The van der Waals surface area contributed by atoms with Crippen molar-refractivity contribution in [1.82, 2.24) is 10.5 Å². The average Bonchev–Trinajstić information content (AvgIpc) is 2.94. The van der Waals surface area contributed by atoms with Crippen LogP contribution < -0.4 is 5.32 Å². The van der Waals surface area contributed by atoms with Gasteiger partial charge in [-0.2, -0.15) is 0 Å². The summed E-state index contributed by atoms with van der Waals surface area (Å²) in [6.07, 6.45) is 0.316. The van der Waals surface area contributed by atoms with Gasteiger partial charge >= 0.3 is 0 Å². The zero-order chi connectivity index (χ0) is 13.1. The Morgan fingerprint density at radius 3 is 2.89 bits per heavy atom. The largest absolute Gasteiger partial charge is 0.361 e. The van der Waals surface area contributed by atoms with Crippen LogP contribution in [-0.4, -0.2) is 11.1 Å². The number of amides is 1. The van der Waals surface area contributed by atoms with Gasteiger partial charge in [-0.1, -0.05) is 11.2 Å². The van der Waals surface area contributed by atoms with Crippen molar-refractivity contribution < 1.29 is 9.32 Å². The number of nitrogens with zero attached hydrogens (tertiary/aromatic N) is 1. The molecule has 0 aromatic carbocycles. The Morgan fingerprint density at radius 2 is 2.33 bits per heavy atom. The molecule has 0 fully saturated rings. The molecule has 2 aromatic heterocycles. The molecule has 0 aliphatic rings. The van der Waals surface area contributed by atoms with Crippen molar-refractivity contribution in [2.24, 2.45) is 0 Å². The van der Waals surface area contributed by atoms with Gasteiger partial charge in [-0.25, -0.2) is 0 Å². The molecule has 0 bridgehead atoms. The van der Waals surface area contributed by atoms with E-state index in [-0.39, 0.29) is 11.9 Å². The Morgan fingerprint density at radius 1 is 1.56 bits per heavy atom. The first-order valence-corrected chi connectivity index (χ1v) is 6.70. The summed E-state index contributed by atoms with van der Waals surface area (Å²) < 4.78 is 5.05. The van der Waals surface area contributed by atoms with Gasteiger partial charge in [0.25, 0.3) is 0 Å². The van der Waals surface area contributed by atoms with Crippen molar-refractivity contribution in [3.63, 3.8) is 0 Å². The van der Waals surface area contributed by atoms with E-state index in [4.69, 9.17) is 4.52 Å². The molecule has 96 valence electrons. The molecule has 0 aliphatic carbocycles. The molecule has 1 atom stereocenters. The summed E-state index contributed by atoms with van der Waals surface area (Å²) in [6.45, 7) is 5.66. The minimum Gasteiger partial charge on any atom is -0.361 e. The normalized spacial score (nSPS) is 12.4. The molecule has 2 heterocycles. The summed E-state index contributed by atoms with van der Waals surface area (Å²) in [5, 5.41) is 8.83. The topological polar surface area (TPSA) is 55.1 Å². The lowest BCUT2D eigenvalue weighted by Gasteiger charge is -2.11. The second kappa shape index (κ2) is 5.35. The molecule has 0 saturated heterocycles. The molecule has 1 unspecified atom stereocenters. The van der Waals surface area contributed by atoms with Crippen LogP contribution in [0, 0.1) is 13.8 Å². The fraction of sp³-hybridized carbons (Fsp3) is 0.385. The van der Waals surface area contributed by atoms with E-state index in [0.717, 1.165) is 16.1 Å². The number of rotatable bonds is 4. The lowest BCUT2D eigenvalue weighted by atomic mass is 10.1. The molecule has 0 radical (unpaired) electrons. The Hall–Kier alpha value is -1.62. The highest BCUT2D eigenvalue weighted by Crippen LogP contribution is 2.19. The molecular weight excluding hydrogens is 248 g/mol. The summed E-state index contributed by atoms with van der Waals surface area (Å²) in [6, 6.07) is 4.04. The second-order valence-corrected chi connectivity index (χ2v) is 5.26. The second-order valence-electron chi connectivity index (χ2n) is 4.28. The molecule has 1 amide bonds. The summed E-state index contributed by atoms with van der Waals surface area (Å²) in [5.41, 5.74) is 1.66. The predicted molar refractivity (Wildman–Crippen MR) is 70.6 cm³/mol. The van der Waals surface area contributed by atoms with E-state index in [2.05, 4.69) is 10.5 Å². The average molecular weight is 264 g/mol. The van der Waals surface area contributed by atoms with Crippen LogP contribution in [0.3, 0.4) is 0 Å². The molecular formula is C13H16N2O2S. The van der Waals surface area contributed by atoms with Gasteiger partial charge in [0.05, 0.1) is 18.2 Å². The summed E-state index contributed by atoms with van der Waals surface area (Å²) in [5.74, 6) is 0.705. The van der Waals surface area contributed by atoms with Crippen LogP contribution in [-0.2, 0) is 11.2 Å². The van der Waals surface area contributed by atoms with Crippen LogP contribution in [0.15, 0.2) is 22.0 Å². The van der Waals surface area contributed by atoms with Crippen molar-refractivity contribution in [1.29, 1.82) is 0 Å². The van der Waals surface area contributed by atoms with Crippen molar-refractivity contribution in [3.8, 4) is 0 Å². The van der Waals surface area contributed by atoms with E-state index in [1.165, 1.54) is 0 Å². The molecule has 2 rings (SSSR count). The van der Waals surface area contributed by atoms with E-state index in [0.29, 0.717) is 12.2 Å². The van der Waals surface area contributed by atoms with Gasteiger partial charge < -0.3 is 9.84 Å². The van der Waals surface area contributed by atoms with Gasteiger partial charge in [-0.15, -0.1) is 11.3 Å². The molecule has 5 heteroatoms. The number of carbonyl (C=O) groups is 1. The van der Waals surface area contributed by atoms with E-state index >= 15 is 0 Å². The third-order valence-electron chi connectivity index (χ3n) is 2.87. The summed E-state index contributed by atoms with van der Waals surface area (Å²) >= 11 is 1.64. The number of aryl methyl sites for hydroxylation is 2. The molecule has 0 saturated carbocycles. The van der Waals surface area contributed by atoms with Crippen LogP contribution in [0.1, 0.15) is 34.9 Å². The van der Waals surface area contributed by atoms with Gasteiger partial charge in [0, 0.05) is 10.4 Å². The van der Waals surface area contributed by atoms with E-state index in [9.17, 15) is 4.79 Å². The highest BCUT2D eigenvalue weighted by molar-refractivity contribution is 7.10. The lowest BCUT2D eigenvalue weighted by molar-refractivity contribution is -0.121. The van der Waals surface area contributed by atoms with Crippen molar-refractivity contribution in [2.45, 2.75) is 33.2 Å². The highest BCUT2D eigenvalue weighted by atomic mass is 32.1. The smallest absolute Gasteiger partial charge is 0.225 e. The highest BCUT2D eigenvalue weighted by Gasteiger charge is 2.15. The number of thiophene rings is 1. The van der Waals surface area contributed by atoms with Crippen LogP contribution in [0.4, 0.5) is 0 Å². The lowest BCUT2D eigenvalue weighted by Crippen LogP contribution is -2.27. The maximum Gasteiger partial charge on any atom is 0.225 e. The first-order valence-electron chi connectivity index (χ1n) is 5.82. The van der Waals surface area contributed by atoms with Crippen LogP contribution >= 0.6 is 11.3 Å². The van der Waals surface area contributed by atoms with Crippen molar-refractivity contribution >= 4 is 17.2 Å². The first-order chi connectivity index (χ1) is 8.58. The quantitative estimate of drug-likeness (QED) is 0.923. The molecule has 0 spiro atoms. The Labute approximate surface area is 110 Å². The maximum absolute atomic E-state index is 11.9. The van der Waals surface area contributed by atoms with Gasteiger partial charge in [-0.3, -0.25) is 4.79 Å². The van der Waals surface area contributed by atoms with Gasteiger partial charge in [-0.05, 0) is 32.2 Å². The minimum atomic E-state index is -0.00898. The number of hydrogen-bond acceptors (Lipinski definition) is 4. The SMILES string of the molecule is Cc1noc(C)c1CC(=O)NC(C)c1cccs1. The van der Waals surface area contributed by atoms with Gasteiger partial charge in [0.2, 0.25) is 5.91 Å². The van der Waals surface area contributed by atoms with Gasteiger partial charge in [0.15, 0.2) is 0 Å². The Balaban J connectivity index is 1.97. The molecule has 1 N–H and O–H groups in total. The number of nitrogens with one attached hydrogen (secondary N) is 1. The van der Waals surface area contributed by atoms with Crippen molar-refractivity contribution in [3.05, 3.63) is 39.4 Å². The summed E-state index contributed by atoms with van der Waals surface area (Å²) in [4.78, 5) is 13.1. The minimum absolute atomic E-state index is 0.00898. The fourth-order valence-electron chi connectivity index (χ4n) is 1.82.